The zero-order valence-corrected chi connectivity index (χ0v) is 12.5. The van der Waals surface area contributed by atoms with Crippen LogP contribution in [0.4, 0.5) is 5.69 Å². The molecular formula is C16H20ClN2O-. The van der Waals surface area contributed by atoms with Crippen molar-refractivity contribution in [3.63, 3.8) is 0 Å². The predicted octanol–water partition coefficient (Wildman–Crippen LogP) is 0.156. The Morgan fingerprint density at radius 1 is 1.15 bits per heavy atom. The SMILES string of the molecule is CC(C)CC(N)C(=O)Nc1ccc2ccccc2c1.[Cl-]. The van der Waals surface area contributed by atoms with Crippen molar-refractivity contribution >= 4 is 22.4 Å². The second-order valence-electron chi connectivity index (χ2n) is 5.29. The van der Waals surface area contributed by atoms with Crippen LogP contribution in [0.5, 0.6) is 0 Å². The molecule has 0 aliphatic heterocycles. The number of hydrogen-bond acceptors (Lipinski definition) is 2. The molecule has 0 saturated carbocycles. The van der Waals surface area contributed by atoms with Gasteiger partial charge >= 0.3 is 0 Å². The van der Waals surface area contributed by atoms with Crippen LogP contribution in [-0.4, -0.2) is 11.9 Å². The van der Waals surface area contributed by atoms with Crippen molar-refractivity contribution in [1.82, 2.24) is 0 Å². The summed E-state index contributed by atoms with van der Waals surface area (Å²) in [5, 5.41) is 5.14. The third kappa shape index (κ3) is 4.22. The van der Waals surface area contributed by atoms with E-state index in [1.807, 2.05) is 42.5 Å². The lowest BCUT2D eigenvalue weighted by atomic mass is 10.0. The van der Waals surface area contributed by atoms with Crippen molar-refractivity contribution in [2.24, 2.45) is 11.7 Å². The number of carbonyl (C=O) groups is 1. The minimum atomic E-state index is -0.452. The quantitative estimate of drug-likeness (QED) is 0.843. The molecule has 0 aliphatic rings. The van der Waals surface area contributed by atoms with E-state index < -0.39 is 6.04 Å². The second-order valence-corrected chi connectivity index (χ2v) is 5.29. The molecule has 0 bridgehead atoms. The molecule has 0 spiro atoms. The molecule has 0 aromatic heterocycles. The van der Waals surface area contributed by atoms with Gasteiger partial charge in [-0.3, -0.25) is 4.79 Å². The maximum atomic E-state index is 11.9. The Labute approximate surface area is 126 Å². The molecule has 2 aromatic carbocycles. The van der Waals surface area contributed by atoms with E-state index in [-0.39, 0.29) is 18.3 Å². The maximum absolute atomic E-state index is 11.9. The van der Waals surface area contributed by atoms with E-state index in [2.05, 4.69) is 19.2 Å². The number of carbonyl (C=O) groups excluding carboxylic acids is 1. The summed E-state index contributed by atoms with van der Waals surface area (Å²) in [6.45, 7) is 4.12. The molecule has 1 amide bonds. The smallest absolute Gasteiger partial charge is 0.241 e. The van der Waals surface area contributed by atoms with Crippen molar-refractivity contribution in [3.8, 4) is 0 Å². The monoisotopic (exact) mass is 291 g/mol. The van der Waals surface area contributed by atoms with Gasteiger partial charge in [-0.05, 0) is 35.2 Å². The first-order valence-corrected chi connectivity index (χ1v) is 6.61. The summed E-state index contributed by atoms with van der Waals surface area (Å²) >= 11 is 0. The van der Waals surface area contributed by atoms with Crippen molar-refractivity contribution < 1.29 is 17.2 Å². The normalized spacial score (nSPS) is 12.0. The van der Waals surface area contributed by atoms with Gasteiger partial charge in [0.1, 0.15) is 0 Å². The fourth-order valence-corrected chi connectivity index (χ4v) is 2.12. The fraction of sp³-hybridized carbons (Fsp3) is 0.312. The topological polar surface area (TPSA) is 55.1 Å². The minimum absolute atomic E-state index is 0. The summed E-state index contributed by atoms with van der Waals surface area (Å²) in [4.78, 5) is 11.9. The van der Waals surface area contributed by atoms with Crippen molar-refractivity contribution in [2.75, 3.05) is 5.32 Å². The van der Waals surface area contributed by atoms with Gasteiger partial charge in [0.05, 0.1) is 6.04 Å². The third-order valence-corrected chi connectivity index (χ3v) is 3.08. The zero-order chi connectivity index (χ0) is 13.8. The molecule has 4 heteroatoms. The van der Waals surface area contributed by atoms with Crippen LogP contribution in [-0.2, 0) is 4.79 Å². The molecule has 2 rings (SSSR count). The molecule has 3 N–H and O–H groups in total. The summed E-state index contributed by atoms with van der Waals surface area (Å²) in [6, 6.07) is 13.5. The molecule has 0 heterocycles. The van der Waals surface area contributed by atoms with Crippen LogP contribution in [0.25, 0.3) is 10.8 Å². The van der Waals surface area contributed by atoms with E-state index in [4.69, 9.17) is 5.73 Å². The first kappa shape index (κ1) is 16.5. The van der Waals surface area contributed by atoms with Crippen LogP contribution in [0.2, 0.25) is 0 Å². The Morgan fingerprint density at radius 3 is 2.45 bits per heavy atom. The summed E-state index contributed by atoms with van der Waals surface area (Å²) in [5.41, 5.74) is 6.66. The number of hydrogen-bond donors (Lipinski definition) is 2. The molecule has 20 heavy (non-hydrogen) atoms. The lowest BCUT2D eigenvalue weighted by Gasteiger charge is -2.14. The van der Waals surface area contributed by atoms with Gasteiger partial charge < -0.3 is 23.5 Å². The molecule has 108 valence electrons. The van der Waals surface area contributed by atoms with Gasteiger partial charge in [0, 0.05) is 5.69 Å². The molecule has 0 aliphatic carbocycles. The van der Waals surface area contributed by atoms with E-state index in [0.717, 1.165) is 16.5 Å². The van der Waals surface area contributed by atoms with Crippen LogP contribution in [0.3, 0.4) is 0 Å². The number of halogens is 1. The van der Waals surface area contributed by atoms with Crippen molar-refractivity contribution in [1.29, 1.82) is 0 Å². The Kier molecular flexibility index (Phi) is 5.99. The van der Waals surface area contributed by atoms with Crippen LogP contribution in [0.1, 0.15) is 20.3 Å². The summed E-state index contributed by atoms with van der Waals surface area (Å²) < 4.78 is 0. The number of nitrogens with one attached hydrogen (secondary N) is 1. The highest BCUT2D eigenvalue weighted by molar-refractivity contribution is 5.97. The van der Waals surface area contributed by atoms with Gasteiger partial charge in [-0.1, -0.05) is 44.2 Å². The molecule has 0 fully saturated rings. The van der Waals surface area contributed by atoms with Gasteiger partial charge in [-0.25, -0.2) is 0 Å². The minimum Gasteiger partial charge on any atom is -1.00 e. The van der Waals surface area contributed by atoms with Gasteiger partial charge in [-0.15, -0.1) is 0 Å². The Hall–Kier alpha value is -1.58. The average Bonchev–Trinajstić information content (AvgIpc) is 2.37. The second kappa shape index (κ2) is 7.27. The Morgan fingerprint density at radius 2 is 1.80 bits per heavy atom. The van der Waals surface area contributed by atoms with Gasteiger partial charge in [0.25, 0.3) is 0 Å². The standard InChI is InChI=1S/C16H20N2O.ClH/c1-11(2)9-15(17)16(19)18-14-8-7-12-5-3-4-6-13(12)10-14;/h3-8,10-11,15H,9,17H2,1-2H3,(H,18,19);1H/p-1. The van der Waals surface area contributed by atoms with Crippen LogP contribution in [0.15, 0.2) is 42.5 Å². The number of benzene rings is 2. The summed E-state index contributed by atoms with van der Waals surface area (Å²) in [7, 11) is 0. The average molecular weight is 292 g/mol. The number of amides is 1. The van der Waals surface area contributed by atoms with E-state index >= 15 is 0 Å². The van der Waals surface area contributed by atoms with E-state index in [1.165, 1.54) is 0 Å². The molecule has 1 unspecified atom stereocenters. The van der Waals surface area contributed by atoms with Gasteiger partial charge in [-0.2, -0.15) is 0 Å². The Balaban J connectivity index is 0.00000200. The highest BCUT2D eigenvalue weighted by Crippen LogP contribution is 2.19. The number of nitrogens with two attached hydrogens (primary N) is 1. The van der Waals surface area contributed by atoms with Crippen LogP contribution in [0, 0.1) is 5.92 Å². The lowest BCUT2D eigenvalue weighted by Crippen LogP contribution is -3.00. The maximum Gasteiger partial charge on any atom is 0.241 e. The largest absolute Gasteiger partial charge is 1.00 e. The summed E-state index contributed by atoms with van der Waals surface area (Å²) in [6.07, 6.45) is 0.694. The van der Waals surface area contributed by atoms with E-state index in [0.29, 0.717) is 12.3 Å². The summed E-state index contributed by atoms with van der Waals surface area (Å²) in [5.74, 6) is 0.293. The molecule has 3 nitrogen and oxygen atoms in total. The van der Waals surface area contributed by atoms with Gasteiger partial charge in [0.2, 0.25) is 5.91 Å². The Bertz CT molecular complexity index is 583. The van der Waals surface area contributed by atoms with Crippen LogP contribution < -0.4 is 23.5 Å². The third-order valence-electron chi connectivity index (χ3n) is 3.08. The molecule has 2 aromatic rings. The lowest BCUT2D eigenvalue weighted by molar-refractivity contribution is -0.117. The van der Waals surface area contributed by atoms with Crippen molar-refractivity contribution in [2.45, 2.75) is 26.3 Å². The van der Waals surface area contributed by atoms with Crippen molar-refractivity contribution in [3.05, 3.63) is 42.5 Å². The highest BCUT2D eigenvalue weighted by atomic mass is 35.5. The van der Waals surface area contributed by atoms with Crippen LogP contribution >= 0.6 is 0 Å². The molecule has 0 radical (unpaired) electrons. The van der Waals surface area contributed by atoms with E-state index in [9.17, 15) is 4.79 Å². The molecule has 1 atom stereocenters. The zero-order valence-electron chi connectivity index (χ0n) is 11.8. The number of fused-ring (bicyclic) bond motifs is 1. The van der Waals surface area contributed by atoms with Gasteiger partial charge in [0.15, 0.2) is 0 Å². The fourth-order valence-electron chi connectivity index (χ4n) is 2.12. The first-order valence-electron chi connectivity index (χ1n) is 6.61. The number of anilines is 1. The van der Waals surface area contributed by atoms with E-state index in [1.54, 1.807) is 0 Å². The molecular weight excluding hydrogens is 272 g/mol. The highest BCUT2D eigenvalue weighted by Gasteiger charge is 2.14. The molecule has 0 saturated heterocycles. The number of rotatable bonds is 4. The first-order chi connectivity index (χ1) is 9.06. The predicted molar refractivity (Wildman–Crippen MR) is 80.0 cm³/mol.